The second-order valence-corrected chi connectivity index (χ2v) is 10.2. The van der Waals surface area contributed by atoms with Crippen LogP contribution in [0.15, 0.2) is 78.2 Å². The number of carbonyl (C=O) groups excluding carboxylic acids is 1. The summed E-state index contributed by atoms with van der Waals surface area (Å²) < 4.78 is 30.4. The molecule has 0 aliphatic rings. The lowest BCUT2D eigenvalue weighted by Gasteiger charge is -2.16. The normalized spacial score (nSPS) is 12.1. The molecule has 35 heavy (non-hydrogen) atoms. The van der Waals surface area contributed by atoms with Crippen LogP contribution in [0.5, 0.6) is 0 Å². The lowest BCUT2D eigenvalue weighted by atomic mass is 9.97. The number of nitrogens with one attached hydrogen (secondary N) is 3. The molecule has 0 fully saturated rings. The highest BCUT2D eigenvalue weighted by molar-refractivity contribution is 7.89. The molecule has 0 aliphatic heterocycles. The molecule has 3 aromatic rings. The minimum Gasteiger partial charge on any atom is -0.383 e. The molecule has 0 radical (unpaired) electrons. The van der Waals surface area contributed by atoms with Gasteiger partial charge in [-0.1, -0.05) is 54.1 Å². The standard InChI is InChI=1S/C27H31N3O4S/c1-18-6-10-22(11-7-18)24-14-23(15-25(16-24)27(31)28-20(3)17-34-5)21(4)29-30-35(32,33)26-12-8-19(2)9-13-26/h6-16,20,29-30H,4,17H2,1-3,5H3,(H,28,31). The van der Waals surface area contributed by atoms with Gasteiger partial charge >= 0.3 is 0 Å². The van der Waals surface area contributed by atoms with Crippen LogP contribution in [0.3, 0.4) is 0 Å². The number of benzene rings is 3. The van der Waals surface area contributed by atoms with E-state index in [0.29, 0.717) is 23.4 Å². The lowest BCUT2D eigenvalue weighted by Crippen LogP contribution is -2.36. The third-order valence-electron chi connectivity index (χ3n) is 5.39. The molecule has 3 aromatic carbocycles. The van der Waals surface area contributed by atoms with Crippen molar-refractivity contribution in [2.45, 2.75) is 31.7 Å². The minimum atomic E-state index is -3.81. The first-order valence-corrected chi connectivity index (χ1v) is 12.6. The second-order valence-electron chi connectivity index (χ2n) is 8.52. The summed E-state index contributed by atoms with van der Waals surface area (Å²) in [6, 6.07) is 19.6. The lowest BCUT2D eigenvalue weighted by molar-refractivity contribution is 0.0905. The number of hydrogen-bond donors (Lipinski definition) is 3. The molecule has 1 atom stereocenters. The van der Waals surface area contributed by atoms with Crippen molar-refractivity contribution < 1.29 is 17.9 Å². The van der Waals surface area contributed by atoms with E-state index < -0.39 is 10.0 Å². The predicted molar refractivity (Wildman–Crippen MR) is 139 cm³/mol. The summed E-state index contributed by atoms with van der Waals surface area (Å²) in [5, 5.41) is 2.91. The van der Waals surface area contributed by atoms with Gasteiger partial charge in [-0.15, -0.1) is 4.83 Å². The first kappa shape index (κ1) is 26.2. The number of carbonyl (C=O) groups is 1. The Morgan fingerprint density at radius 1 is 0.914 bits per heavy atom. The maximum Gasteiger partial charge on any atom is 0.257 e. The van der Waals surface area contributed by atoms with E-state index in [9.17, 15) is 13.2 Å². The van der Waals surface area contributed by atoms with Crippen molar-refractivity contribution in [2.24, 2.45) is 0 Å². The molecule has 0 spiro atoms. The van der Waals surface area contributed by atoms with Gasteiger partial charge < -0.3 is 15.5 Å². The molecule has 184 valence electrons. The van der Waals surface area contributed by atoms with E-state index in [1.165, 1.54) is 12.1 Å². The number of hydrazine groups is 1. The average Bonchev–Trinajstić information content (AvgIpc) is 2.83. The van der Waals surface area contributed by atoms with Crippen molar-refractivity contribution in [3.63, 3.8) is 0 Å². The molecule has 0 saturated heterocycles. The van der Waals surface area contributed by atoms with E-state index in [-0.39, 0.29) is 16.8 Å². The Balaban J connectivity index is 1.89. The summed E-state index contributed by atoms with van der Waals surface area (Å²) in [4.78, 5) is 15.4. The topological polar surface area (TPSA) is 96.5 Å². The van der Waals surface area contributed by atoms with Crippen LogP contribution in [-0.4, -0.2) is 34.1 Å². The van der Waals surface area contributed by atoms with Gasteiger partial charge in [0, 0.05) is 24.4 Å². The maximum atomic E-state index is 12.9. The summed E-state index contributed by atoms with van der Waals surface area (Å²) >= 11 is 0. The van der Waals surface area contributed by atoms with Crippen LogP contribution in [0.4, 0.5) is 0 Å². The summed E-state index contributed by atoms with van der Waals surface area (Å²) in [6.07, 6.45) is 0. The quantitative estimate of drug-likeness (QED) is 0.368. The SMILES string of the molecule is C=C(NNS(=O)(=O)c1ccc(C)cc1)c1cc(C(=O)NC(C)COC)cc(-c2ccc(C)cc2)c1. The molecule has 8 heteroatoms. The van der Waals surface area contributed by atoms with E-state index in [1.54, 1.807) is 31.4 Å². The van der Waals surface area contributed by atoms with Gasteiger partial charge in [-0.05, 0) is 67.8 Å². The van der Waals surface area contributed by atoms with Crippen LogP contribution < -0.4 is 15.6 Å². The zero-order valence-corrected chi connectivity index (χ0v) is 21.2. The monoisotopic (exact) mass is 493 g/mol. The van der Waals surface area contributed by atoms with Crippen LogP contribution in [-0.2, 0) is 14.8 Å². The molecule has 1 amide bonds. The van der Waals surface area contributed by atoms with Gasteiger partial charge in [-0.2, -0.15) is 0 Å². The number of ether oxygens (including phenoxy) is 1. The molecule has 3 rings (SSSR count). The molecule has 0 saturated carbocycles. The third kappa shape index (κ3) is 7.02. The molecule has 3 N–H and O–H groups in total. The first-order valence-electron chi connectivity index (χ1n) is 11.1. The molecular formula is C27H31N3O4S. The Kier molecular flexibility index (Phi) is 8.45. The number of hydrogen-bond acceptors (Lipinski definition) is 5. The number of aryl methyl sites for hydroxylation is 2. The number of sulfonamides is 1. The fourth-order valence-corrected chi connectivity index (χ4v) is 4.29. The van der Waals surface area contributed by atoms with Crippen LogP contribution in [0, 0.1) is 13.8 Å². The highest BCUT2D eigenvalue weighted by Gasteiger charge is 2.16. The molecule has 0 aromatic heterocycles. The summed E-state index contributed by atoms with van der Waals surface area (Å²) in [7, 11) is -2.24. The maximum absolute atomic E-state index is 12.9. The van der Waals surface area contributed by atoms with Crippen LogP contribution in [0.25, 0.3) is 16.8 Å². The molecule has 0 heterocycles. The Morgan fingerprint density at radius 3 is 2.09 bits per heavy atom. The van der Waals surface area contributed by atoms with Gasteiger partial charge in [0.2, 0.25) is 0 Å². The Morgan fingerprint density at radius 2 is 1.49 bits per heavy atom. The van der Waals surface area contributed by atoms with Crippen LogP contribution in [0.1, 0.15) is 34.0 Å². The Labute approximate surface area is 207 Å². The van der Waals surface area contributed by atoms with Crippen molar-refractivity contribution >= 4 is 21.6 Å². The summed E-state index contributed by atoms with van der Waals surface area (Å²) in [6.45, 7) is 10.1. The number of methoxy groups -OCH3 is 1. The van der Waals surface area contributed by atoms with Crippen molar-refractivity contribution in [2.75, 3.05) is 13.7 Å². The van der Waals surface area contributed by atoms with E-state index in [0.717, 1.165) is 22.3 Å². The Bertz CT molecular complexity index is 1300. The second kappa shape index (κ2) is 11.3. The van der Waals surface area contributed by atoms with Gasteiger partial charge in [0.1, 0.15) is 0 Å². The fourth-order valence-electron chi connectivity index (χ4n) is 3.42. The van der Waals surface area contributed by atoms with Crippen molar-refractivity contribution in [1.82, 2.24) is 15.6 Å². The summed E-state index contributed by atoms with van der Waals surface area (Å²) in [5.41, 5.74) is 7.77. The zero-order valence-electron chi connectivity index (χ0n) is 20.4. The van der Waals surface area contributed by atoms with Gasteiger partial charge in [-0.3, -0.25) is 4.79 Å². The largest absolute Gasteiger partial charge is 0.383 e. The van der Waals surface area contributed by atoms with E-state index in [2.05, 4.69) is 22.2 Å². The first-order chi connectivity index (χ1) is 16.6. The van der Waals surface area contributed by atoms with Gasteiger partial charge in [0.15, 0.2) is 0 Å². The summed E-state index contributed by atoms with van der Waals surface area (Å²) in [5.74, 6) is -0.266. The Hall–Kier alpha value is -3.46. The van der Waals surface area contributed by atoms with E-state index in [4.69, 9.17) is 4.74 Å². The highest BCUT2D eigenvalue weighted by atomic mass is 32.2. The zero-order chi connectivity index (χ0) is 25.6. The molecule has 7 nitrogen and oxygen atoms in total. The number of rotatable bonds is 10. The van der Waals surface area contributed by atoms with Crippen molar-refractivity contribution in [1.29, 1.82) is 0 Å². The average molecular weight is 494 g/mol. The molecule has 1 unspecified atom stereocenters. The number of amides is 1. The molecular weight excluding hydrogens is 462 g/mol. The van der Waals surface area contributed by atoms with Crippen LogP contribution in [0.2, 0.25) is 0 Å². The van der Waals surface area contributed by atoms with Gasteiger partial charge in [-0.25, -0.2) is 8.42 Å². The van der Waals surface area contributed by atoms with Crippen LogP contribution >= 0.6 is 0 Å². The minimum absolute atomic E-state index is 0.129. The third-order valence-corrected chi connectivity index (χ3v) is 6.65. The van der Waals surface area contributed by atoms with Gasteiger partial charge in [0.05, 0.1) is 11.5 Å². The highest BCUT2D eigenvalue weighted by Crippen LogP contribution is 2.25. The molecule has 0 aliphatic carbocycles. The van der Waals surface area contributed by atoms with Crippen molar-refractivity contribution in [3.05, 3.63) is 95.6 Å². The van der Waals surface area contributed by atoms with E-state index >= 15 is 0 Å². The smallest absolute Gasteiger partial charge is 0.257 e. The predicted octanol–water partition coefficient (Wildman–Crippen LogP) is 4.19. The fraction of sp³-hybridized carbons (Fsp3) is 0.222. The van der Waals surface area contributed by atoms with E-state index in [1.807, 2.05) is 51.1 Å². The molecule has 0 bridgehead atoms. The van der Waals surface area contributed by atoms with Crippen molar-refractivity contribution in [3.8, 4) is 11.1 Å². The van der Waals surface area contributed by atoms with Gasteiger partial charge in [0.25, 0.3) is 15.9 Å².